The molecule has 0 saturated carbocycles. The summed E-state index contributed by atoms with van der Waals surface area (Å²) in [6.07, 6.45) is -4.59. The van der Waals surface area contributed by atoms with Gasteiger partial charge in [-0.15, -0.1) is 0 Å². The minimum atomic E-state index is -4.59. The van der Waals surface area contributed by atoms with Crippen LogP contribution in [-0.2, 0) is 12.7 Å². The average Bonchev–Trinajstić information content (AvgIpc) is 3.06. The molecule has 9 heteroatoms. The van der Waals surface area contributed by atoms with Crippen molar-refractivity contribution in [2.45, 2.75) is 12.7 Å². The summed E-state index contributed by atoms with van der Waals surface area (Å²) in [5, 5.41) is 3.71. The number of benzene rings is 2. The van der Waals surface area contributed by atoms with E-state index in [4.69, 9.17) is 23.6 Å². The lowest BCUT2D eigenvalue weighted by atomic mass is 10.1. The maximum atomic E-state index is 13.2. The highest BCUT2D eigenvalue weighted by atomic mass is 35.5. The van der Waals surface area contributed by atoms with Crippen molar-refractivity contribution in [1.29, 1.82) is 0 Å². The number of aromatic nitrogens is 2. The molecule has 0 aliphatic rings. The van der Waals surface area contributed by atoms with Crippen molar-refractivity contribution in [3.63, 3.8) is 0 Å². The maximum absolute atomic E-state index is 13.2. The molecular weight excluding hydrogens is 402 g/mol. The van der Waals surface area contributed by atoms with Gasteiger partial charge < -0.3 is 0 Å². The standard InChI is InChI=1S/C18H12Cl2F3N3O/c19-26(20)17(27)14-8-4-7-13(9-14)15-10-16(18(21,22)23)24-25(15)11-12-5-2-1-3-6-12/h1-10H,11H2. The lowest BCUT2D eigenvalue weighted by molar-refractivity contribution is -0.141. The highest BCUT2D eigenvalue weighted by molar-refractivity contribution is 6.43. The van der Waals surface area contributed by atoms with Crippen molar-refractivity contribution in [3.8, 4) is 11.3 Å². The molecule has 3 rings (SSSR count). The monoisotopic (exact) mass is 413 g/mol. The van der Waals surface area contributed by atoms with Crippen molar-refractivity contribution < 1.29 is 18.0 Å². The van der Waals surface area contributed by atoms with Gasteiger partial charge in [0, 0.05) is 34.7 Å². The highest BCUT2D eigenvalue weighted by Gasteiger charge is 2.35. The van der Waals surface area contributed by atoms with Crippen LogP contribution in [0.15, 0.2) is 60.7 Å². The first-order valence-corrected chi connectivity index (χ1v) is 8.39. The molecule has 4 nitrogen and oxygen atoms in total. The second-order valence-electron chi connectivity index (χ2n) is 5.67. The zero-order chi connectivity index (χ0) is 19.6. The summed E-state index contributed by atoms with van der Waals surface area (Å²) in [6.45, 7) is 0.140. The first kappa shape index (κ1) is 19.3. The van der Waals surface area contributed by atoms with Crippen LogP contribution in [0.3, 0.4) is 0 Å². The molecule has 27 heavy (non-hydrogen) atoms. The SMILES string of the molecule is O=C(c1cccc(-c2cc(C(F)(F)F)nn2Cc2ccccc2)c1)N(Cl)Cl. The van der Waals surface area contributed by atoms with Crippen molar-refractivity contribution >= 4 is 29.5 Å². The number of hydrogen-bond acceptors (Lipinski definition) is 2. The van der Waals surface area contributed by atoms with E-state index >= 15 is 0 Å². The normalized spacial score (nSPS) is 11.4. The summed E-state index contributed by atoms with van der Waals surface area (Å²) >= 11 is 10.9. The molecule has 0 bridgehead atoms. The van der Waals surface area contributed by atoms with Gasteiger partial charge in [-0.2, -0.15) is 22.2 Å². The molecular formula is C18H12Cl2F3N3O. The van der Waals surface area contributed by atoms with Crippen LogP contribution in [0.4, 0.5) is 13.2 Å². The second kappa shape index (κ2) is 7.62. The summed E-state index contributed by atoms with van der Waals surface area (Å²) in [7, 11) is 0. The molecule has 0 saturated heterocycles. The summed E-state index contributed by atoms with van der Waals surface area (Å²) in [6, 6.07) is 15.9. The number of halogens is 5. The van der Waals surface area contributed by atoms with Gasteiger partial charge in [0.25, 0.3) is 5.91 Å². The fourth-order valence-corrected chi connectivity index (χ4v) is 2.77. The fourth-order valence-electron chi connectivity index (χ4n) is 2.57. The zero-order valence-corrected chi connectivity index (χ0v) is 15.1. The van der Waals surface area contributed by atoms with E-state index in [0.717, 1.165) is 11.6 Å². The maximum Gasteiger partial charge on any atom is 0.435 e. The van der Waals surface area contributed by atoms with E-state index in [1.807, 2.05) is 6.07 Å². The average molecular weight is 414 g/mol. The third-order valence-corrected chi connectivity index (χ3v) is 4.11. The molecule has 0 spiro atoms. The quantitative estimate of drug-likeness (QED) is 0.539. The lowest BCUT2D eigenvalue weighted by Gasteiger charge is -2.10. The summed E-state index contributed by atoms with van der Waals surface area (Å²) in [5.41, 5.74) is 0.516. The first-order chi connectivity index (χ1) is 12.8. The van der Waals surface area contributed by atoms with Crippen LogP contribution in [-0.4, -0.2) is 19.6 Å². The molecule has 1 amide bonds. The van der Waals surface area contributed by atoms with Crippen LogP contribution in [0.2, 0.25) is 0 Å². The number of carbonyl (C=O) groups is 1. The molecule has 0 unspecified atom stereocenters. The largest absolute Gasteiger partial charge is 0.435 e. The minimum absolute atomic E-state index is 0.138. The van der Waals surface area contributed by atoms with Crippen molar-refractivity contribution in [3.05, 3.63) is 77.5 Å². The number of hydrogen-bond donors (Lipinski definition) is 0. The molecule has 0 aliphatic carbocycles. The number of carbonyl (C=O) groups excluding carboxylic acids is 1. The molecule has 0 aliphatic heterocycles. The summed E-state index contributed by atoms with van der Waals surface area (Å²) < 4.78 is 41.1. The number of amides is 1. The van der Waals surface area contributed by atoms with Crippen LogP contribution < -0.4 is 0 Å². The molecule has 1 aromatic heterocycles. The summed E-state index contributed by atoms with van der Waals surface area (Å²) in [5.74, 6) is -0.689. The molecule has 140 valence electrons. The number of alkyl halides is 3. The van der Waals surface area contributed by atoms with Crippen LogP contribution in [0.5, 0.6) is 0 Å². The first-order valence-electron chi connectivity index (χ1n) is 7.71. The van der Waals surface area contributed by atoms with Crippen LogP contribution in [0.1, 0.15) is 21.6 Å². The van der Waals surface area contributed by atoms with Gasteiger partial charge in [0.05, 0.1) is 12.2 Å². The van der Waals surface area contributed by atoms with Crippen molar-refractivity contribution in [1.82, 2.24) is 13.7 Å². The molecule has 0 atom stereocenters. The second-order valence-corrected chi connectivity index (χ2v) is 6.52. The van der Waals surface area contributed by atoms with Crippen LogP contribution >= 0.6 is 23.6 Å². The van der Waals surface area contributed by atoms with E-state index in [1.165, 1.54) is 22.9 Å². The van der Waals surface area contributed by atoms with Crippen LogP contribution in [0.25, 0.3) is 11.3 Å². The van der Waals surface area contributed by atoms with E-state index in [0.29, 0.717) is 9.50 Å². The van der Waals surface area contributed by atoms with Crippen LogP contribution in [0, 0.1) is 0 Å². The minimum Gasteiger partial charge on any atom is -0.266 e. The Hall–Kier alpha value is -2.51. The molecule has 0 N–H and O–H groups in total. The Kier molecular flexibility index (Phi) is 5.43. The van der Waals surface area contributed by atoms with E-state index in [1.54, 1.807) is 30.3 Å². The van der Waals surface area contributed by atoms with Gasteiger partial charge in [-0.3, -0.25) is 9.48 Å². The Morgan fingerprint density at radius 2 is 1.74 bits per heavy atom. The Balaban J connectivity index is 2.07. The van der Waals surface area contributed by atoms with Gasteiger partial charge in [0.15, 0.2) is 5.69 Å². The van der Waals surface area contributed by atoms with E-state index in [2.05, 4.69) is 5.10 Å². The van der Waals surface area contributed by atoms with E-state index in [9.17, 15) is 18.0 Å². The molecule has 3 aromatic rings. The van der Waals surface area contributed by atoms with Gasteiger partial charge in [-0.1, -0.05) is 42.5 Å². The topological polar surface area (TPSA) is 38.1 Å². The third kappa shape index (κ3) is 4.43. The summed E-state index contributed by atoms with van der Waals surface area (Å²) in [4.78, 5) is 11.9. The fraction of sp³-hybridized carbons (Fsp3) is 0.111. The Morgan fingerprint density at radius 1 is 1.04 bits per heavy atom. The van der Waals surface area contributed by atoms with Gasteiger partial charge in [-0.05, 0) is 23.8 Å². The van der Waals surface area contributed by atoms with Gasteiger partial charge >= 0.3 is 6.18 Å². The van der Waals surface area contributed by atoms with E-state index < -0.39 is 17.8 Å². The molecule has 2 aromatic carbocycles. The highest BCUT2D eigenvalue weighted by Crippen LogP contribution is 2.32. The molecule has 0 radical (unpaired) electrons. The Morgan fingerprint density at radius 3 is 2.37 bits per heavy atom. The van der Waals surface area contributed by atoms with Gasteiger partial charge in [-0.25, -0.2) is 0 Å². The number of rotatable bonds is 4. The lowest BCUT2D eigenvalue weighted by Crippen LogP contribution is -2.11. The molecule has 1 heterocycles. The van der Waals surface area contributed by atoms with Crippen molar-refractivity contribution in [2.75, 3.05) is 0 Å². The Bertz CT molecular complexity index is 956. The van der Waals surface area contributed by atoms with Gasteiger partial charge in [0.1, 0.15) is 0 Å². The van der Waals surface area contributed by atoms with E-state index in [-0.39, 0.29) is 17.8 Å². The zero-order valence-electron chi connectivity index (χ0n) is 13.6. The molecule has 0 fully saturated rings. The predicted molar refractivity (Wildman–Crippen MR) is 96.1 cm³/mol. The van der Waals surface area contributed by atoms with Gasteiger partial charge in [0.2, 0.25) is 0 Å². The predicted octanol–water partition coefficient (Wildman–Crippen LogP) is 5.37. The third-order valence-electron chi connectivity index (χ3n) is 3.80. The number of nitrogens with zero attached hydrogens (tertiary/aromatic N) is 3. The smallest absolute Gasteiger partial charge is 0.266 e. The van der Waals surface area contributed by atoms with Crippen molar-refractivity contribution in [2.24, 2.45) is 0 Å². The Labute approximate surface area is 162 Å².